The van der Waals surface area contributed by atoms with Crippen molar-refractivity contribution in [3.05, 3.63) is 0 Å². The van der Waals surface area contributed by atoms with E-state index in [0.29, 0.717) is 0 Å². The summed E-state index contributed by atoms with van der Waals surface area (Å²) in [6.45, 7) is 1.75. The van der Waals surface area contributed by atoms with E-state index < -0.39 is 43.2 Å². The van der Waals surface area contributed by atoms with Gasteiger partial charge in [0.2, 0.25) is 12.2 Å². The fourth-order valence-electron chi connectivity index (χ4n) is 1.62. The molecule has 1 amide bonds. The van der Waals surface area contributed by atoms with Crippen molar-refractivity contribution < 1.29 is 34.4 Å². The van der Waals surface area contributed by atoms with E-state index in [-0.39, 0.29) is 0 Å². The summed E-state index contributed by atoms with van der Waals surface area (Å²) in [6, 6.07) is -1.12. The van der Waals surface area contributed by atoms with Gasteiger partial charge in [0.1, 0.15) is 24.4 Å². The summed E-state index contributed by atoms with van der Waals surface area (Å²) >= 11 is 0. The van der Waals surface area contributed by atoms with Crippen LogP contribution in [0, 0.1) is 0 Å². The molecule has 5 atom stereocenters. The Morgan fingerprint density at radius 2 is 2.12 bits per heavy atom. The molecule has 1 unspecified atom stereocenters. The molecule has 1 aliphatic heterocycles. The van der Waals surface area contributed by atoms with Crippen LogP contribution in [0.25, 0.3) is 0 Å². The minimum absolute atomic E-state index is 0.494. The van der Waals surface area contributed by atoms with Gasteiger partial charge in [0.15, 0.2) is 0 Å². The van der Waals surface area contributed by atoms with E-state index in [1.807, 2.05) is 0 Å². The first-order chi connectivity index (χ1) is 8.01. The van der Waals surface area contributed by atoms with Gasteiger partial charge in [-0.15, -0.1) is 0 Å². The van der Waals surface area contributed by atoms with Crippen LogP contribution < -0.4 is 5.32 Å². The van der Waals surface area contributed by atoms with Crippen molar-refractivity contribution in [2.45, 2.75) is 37.6 Å². The van der Waals surface area contributed by atoms with Crippen molar-refractivity contribution in [1.82, 2.24) is 5.32 Å². The second-order valence-electron chi connectivity index (χ2n) is 3.63. The van der Waals surface area contributed by atoms with Crippen molar-refractivity contribution in [3.63, 3.8) is 0 Å². The lowest BCUT2D eigenvalue weighted by atomic mass is 9.97. The molecule has 0 aliphatic carbocycles. The largest absolute Gasteiger partial charge is 0.425 e. The van der Waals surface area contributed by atoms with Crippen LogP contribution in [0.2, 0.25) is 0 Å². The maximum atomic E-state index is 10.9. The Labute approximate surface area is 97.1 Å². The third-order valence-electron chi connectivity index (χ3n) is 2.42. The number of amides is 1. The number of carbonyl (C=O) groups is 1. The van der Waals surface area contributed by atoms with Crippen LogP contribution >= 0.6 is 0 Å². The summed E-state index contributed by atoms with van der Waals surface area (Å²) in [5.74, 6) is -0.494. The van der Waals surface area contributed by atoms with Gasteiger partial charge in [-0.1, -0.05) is 0 Å². The van der Waals surface area contributed by atoms with Crippen molar-refractivity contribution in [1.29, 1.82) is 0 Å². The highest BCUT2D eigenvalue weighted by Gasteiger charge is 2.45. The molecule has 1 rings (SSSR count). The molecule has 17 heavy (non-hydrogen) atoms. The molecule has 0 aromatic carbocycles. The molecule has 0 spiro atoms. The SMILES string of the molecule is CC(=O)N[C@H]1C(O[C]=O)O[C@H](CO)[C@@H](O)[C@@H]1O. The van der Waals surface area contributed by atoms with E-state index in [2.05, 4.69) is 10.1 Å². The lowest BCUT2D eigenvalue weighted by Crippen LogP contribution is -2.64. The number of rotatable bonds is 4. The number of hydrogen-bond donors (Lipinski definition) is 4. The van der Waals surface area contributed by atoms with Crippen LogP contribution in [0.15, 0.2) is 0 Å². The third-order valence-corrected chi connectivity index (χ3v) is 2.42. The Balaban J connectivity index is 2.82. The van der Waals surface area contributed by atoms with Crippen LogP contribution in [-0.2, 0) is 19.1 Å². The predicted molar refractivity (Wildman–Crippen MR) is 52.1 cm³/mol. The Morgan fingerprint density at radius 3 is 2.59 bits per heavy atom. The van der Waals surface area contributed by atoms with Crippen molar-refractivity contribution in [2.24, 2.45) is 0 Å². The highest BCUT2D eigenvalue weighted by molar-refractivity contribution is 5.73. The standard InChI is InChI=1S/C9H14NO7/c1-4(13)10-6-8(15)7(14)5(2-11)17-9(6)16-3-12/h5-9,11,14-15H,2H2,1H3,(H,10,13)/t5-,6-,7-,8-,9?/m1/s1. The molecule has 1 heterocycles. The Kier molecular flexibility index (Phi) is 4.82. The number of aliphatic hydroxyl groups excluding tert-OH is 3. The smallest absolute Gasteiger partial charge is 0.419 e. The fourth-order valence-corrected chi connectivity index (χ4v) is 1.62. The van der Waals surface area contributed by atoms with Gasteiger partial charge < -0.3 is 30.1 Å². The molecule has 0 aromatic heterocycles. The molecule has 8 heteroatoms. The average Bonchev–Trinajstić information content (AvgIpc) is 2.28. The van der Waals surface area contributed by atoms with Crippen LogP contribution in [0.5, 0.6) is 0 Å². The first-order valence-electron chi connectivity index (χ1n) is 4.93. The van der Waals surface area contributed by atoms with Crippen molar-refractivity contribution in [2.75, 3.05) is 6.61 Å². The van der Waals surface area contributed by atoms with E-state index in [1.165, 1.54) is 6.92 Å². The molecule has 0 aromatic rings. The molecule has 1 fully saturated rings. The van der Waals surface area contributed by atoms with Gasteiger partial charge in [-0.05, 0) is 0 Å². The lowest BCUT2D eigenvalue weighted by Gasteiger charge is -2.40. The highest BCUT2D eigenvalue weighted by Crippen LogP contribution is 2.21. The van der Waals surface area contributed by atoms with E-state index in [1.54, 1.807) is 0 Å². The van der Waals surface area contributed by atoms with Gasteiger partial charge in [0.25, 0.3) is 0 Å². The van der Waals surface area contributed by atoms with Crippen molar-refractivity contribution in [3.8, 4) is 0 Å². The summed E-state index contributed by atoms with van der Waals surface area (Å²) in [7, 11) is 0. The summed E-state index contributed by atoms with van der Waals surface area (Å²) in [5, 5.41) is 30.5. The maximum Gasteiger partial charge on any atom is 0.419 e. The zero-order chi connectivity index (χ0) is 13.0. The summed E-state index contributed by atoms with van der Waals surface area (Å²) < 4.78 is 9.44. The zero-order valence-electron chi connectivity index (χ0n) is 9.07. The predicted octanol–water partition coefficient (Wildman–Crippen LogP) is -2.99. The van der Waals surface area contributed by atoms with Gasteiger partial charge in [0, 0.05) is 6.92 Å². The molecular formula is C9H14NO7. The van der Waals surface area contributed by atoms with Gasteiger partial charge in [0.05, 0.1) is 6.61 Å². The minimum atomic E-state index is -1.43. The summed E-state index contributed by atoms with van der Waals surface area (Å²) in [5.41, 5.74) is 0. The van der Waals surface area contributed by atoms with E-state index in [9.17, 15) is 19.8 Å². The number of ether oxygens (including phenoxy) is 2. The monoisotopic (exact) mass is 248 g/mol. The number of hydrogen-bond acceptors (Lipinski definition) is 7. The molecule has 97 valence electrons. The quantitative estimate of drug-likeness (QED) is 0.418. The average molecular weight is 248 g/mol. The Hall–Kier alpha value is -1.22. The molecule has 1 aliphatic rings. The van der Waals surface area contributed by atoms with Crippen LogP contribution in [-0.4, -0.2) is 64.9 Å². The normalized spacial score (nSPS) is 37.3. The van der Waals surface area contributed by atoms with E-state index in [0.717, 1.165) is 6.47 Å². The summed E-state index contributed by atoms with van der Waals surface area (Å²) in [4.78, 5) is 21.0. The van der Waals surface area contributed by atoms with Gasteiger partial charge in [-0.25, -0.2) is 4.79 Å². The van der Waals surface area contributed by atoms with E-state index >= 15 is 0 Å². The second kappa shape index (κ2) is 5.92. The molecule has 0 bridgehead atoms. The van der Waals surface area contributed by atoms with Gasteiger partial charge in [-0.3, -0.25) is 4.79 Å². The Bertz CT molecular complexity index is 285. The topological polar surface area (TPSA) is 125 Å². The zero-order valence-corrected chi connectivity index (χ0v) is 9.07. The number of carbonyl (C=O) groups excluding carboxylic acids is 2. The van der Waals surface area contributed by atoms with Crippen LogP contribution in [0.1, 0.15) is 6.92 Å². The maximum absolute atomic E-state index is 10.9. The van der Waals surface area contributed by atoms with Gasteiger partial charge >= 0.3 is 6.47 Å². The summed E-state index contributed by atoms with van der Waals surface area (Å²) in [6.07, 6.45) is -5.24. The Morgan fingerprint density at radius 1 is 1.47 bits per heavy atom. The molecule has 1 radical (unpaired) electrons. The molecular weight excluding hydrogens is 234 g/mol. The third kappa shape index (κ3) is 3.13. The van der Waals surface area contributed by atoms with Crippen LogP contribution in [0.3, 0.4) is 0 Å². The number of aliphatic hydroxyl groups is 3. The van der Waals surface area contributed by atoms with Crippen LogP contribution in [0.4, 0.5) is 0 Å². The van der Waals surface area contributed by atoms with Crippen molar-refractivity contribution >= 4 is 12.4 Å². The highest BCUT2D eigenvalue weighted by atomic mass is 16.7. The molecule has 1 saturated heterocycles. The molecule has 4 N–H and O–H groups in total. The number of nitrogens with one attached hydrogen (secondary N) is 1. The molecule has 0 saturated carbocycles. The van der Waals surface area contributed by atoms with E-state index in [4.69, 9.17) is 9.84 Å². The minimum Gasteiger partial charge on any atom is -0.425 e. The second-order valence-corrected chi connectivity index (χ2v) is 3.63. The first-order valence-corrected chi connectivity index (χ1v) is 4.93. The first kappa shape index (κ1) is 13.8. The lowest BCUT2D eigenvalue weighted by molar-refractivity contribution is -0.248. The van der Waals surface area contributed by atoms with Gasteiger partial charge in [-0.2, -0.15) is 0 Å². The fraction of sp³-hybridized carbons (Fsp3) is 0.778. The molecule has 8 nitrogen and oxygen atoms in total.